The third kappa shape index (κ3) is 14.2. The van der Waals surface area contributed by atoms with Crippen molar-refractivity contribution in [1.29, 1.82) is 0 Å². The first-order valence-electron chi connectivity index (χ1n) is 14.2. The second kappa shape index (κ2) is 20.8. The predicted octanol–water partition coefficient (Wildman–Crippen LogP) is 8.59. The highest BCUT2D eigenvalue weighted by molar-refractivity contribution is 5.56. The summed E-state index contributed by atoms with van der Waals surface area (Å²) in [5, 5.41) is 0. The van der Waals surface area contributed by atoms with E-state index in [0.29, 0.717) is 24.8 Å². The molecule has 36 heavy (non-hydrogen) atoms. The summed E-state index contributed by atoms with van der Waals surface area (Å²) in [7, 11) is 0. The van der Waals surface area contributed by atoms with Gasteiger partial charge < -0.3 is 14.2 Å². The van der Waals surface area contributed by atoms with Gasteiger partial charge in [-0.3, -0.25) is 0 Å². The molecular formula is C31H48N2O3. The number of allylic oxidation sites excluding steroid dienone is 1. The SMILES string of the molecule is CCCCCCCCC/C=C/COc1ccc(-c2ncc(OCCCCOCCCCC)cn2)cc1. The van der Waals surface area contributed by atoms with Gasteiger partial charge >= 0.3 is 0 Å². The van der Waals surface area contributed by atoms with Crippen LogP contribution in [0.5, 0.6) is 11.5 Å². The van der Waals surface area contributed by atoms with E-state index in [-0.39, 0.29) is 0 Å². The molecule has 0 spiro atoms. The zero-order valence-corrected chi connectivity index (χ0v) is 22.8. The summed E-state index contributed by atoms with van der Waals surface area (Å²) in [5.41, 5.74) is 0.962. The quantitative estimate of drug-likeness (QED) is 0.121. The van der Waals surface area contributed by atoms with Gasteiger partial charge in [-0.15, -0.1) is 0 Å². The topological polar surface area (TPSA) is 53.5 Å². The molecule has 0 radical (unpaired) electrons. The van der Waals surface area contributed by atoms with Crippen molar-refractivity contribution in [3.8, 4) is 22.9 Å². The Bertz CT molecular complexity index is 790. The normalized spacial score (nSPS) is 11.3. The monoisotopic (exact) mass is 496 g/mol. The molecule has 1 heterocycles. The Balaban J connectivity index is 1.56. The summed E-state index contributed by atoms with van der Waals surface area (Å²) < 4.78 is 17.2. The van der Waals surface area contributed by atoms with Crippen molar-refractivity contribution < 1.29 is 14.2 Å². The van der Waals surface area contributed by atoms with E-state index in [1.165, 1.54) is 57.8 Å². The Kier molecular flexibility index (Phi) is 17.2. The minimum absolute atomic E-state index is 0.601. The number of hydrogen-bond donors (Lipinski definition) is 0. The van der Waals surface area contributed by atoms with Gasteiger partial charge in [0.05, 0.1) is 19.0 Å². The van der Waals surface area contributed by atoms with Gasteiger partial charge in [-0.05, 0) is 56.4 Å². The van der Waals surface area contributed by atoms with Crippen LogP contribution in [0.15, 0.2) is 48.8 Å². The van der Waals surface area contributed by atoms with Crippen molar-refractivity contribution in [2.24, 2.45) is 0 Å². The molecule has 1 aromatic carbocycles. The van der Waals surface area contributed by atoms with Gasteiger partial charge in [-0.1, -0.05) is 77.4 Å². The van der Waals surface area contributed by atoms with Crippen molar-refractivity contribution in [1.82, 2.24) is 9.97 Å². The van der Waals surface area contributed by atoms with Crippen molar-refractivity contribution in [3.63, 3.8) is 0 Å². The molecule has 0 aliphatic heterocycles. The molecule has 200 valence electrons. The van der Waals surface area contributed by atoms with E-state index in [4.69, 9.17) is 14.2 Å². The zero-order valence-electron chi connectivity index (χ0n) is 22.8. The number of hydrogen-bond acceptors (Lipinski definition) is 5. The van der Waals surface area contributed by atoms with Gasteiger partial charge in [0.25, 0.3) is 0 Å². The standard InChI is InChI=1S/C31H48N2O3/c1-3-5-7-8-9-10-11-12-13-15-24-35-29-20-18-28(19-21-29)31-32-26-30(27-33-31)36-25-17-16-23-34-22-14-6-4-2/h13,15,18-21,26-27H,3-12,14,16-17,22-25H2,1-2H3/b15-13+. The molecule has 0 saturated carbocycles. The van der Waals surface area contributed by atoms with Crippen molar-refractivity contribution in [3.05, 3.63) is 48.8 Å². The lowest BCUT2D eigenvalue weighted by molar-refractivity contribution is 0.122. The van der Waals surface area contributed by atoms with E-state index in [9.17, 15) is 0 Å². The number of ether oxygens (including phenoxy) is 3. The number of aromatic nitrogens is 2. The largest absolute Gasteiger partial charge is 0.490 e. The highest BCUT2D eigenvalue weighted by Gasteiger charge is 2.03. The van der Waals surface area contributed by atoms with Crippen LogP contribution in [-0.2, 0) is 4.74 Å². The average molecular weight is 497 g/mol. The van der Waals surface area contributed by atoms with Crippen LogP contribution < -0.4 is 9.47 Å². The van der Waals surface area contributed by atoms with E-state index in [1.54, 1.807) is 12.4 Å². The molecule has 0 aliphatic rings. The number of unbranched alkanes of at least 4 members (excludes halogenated alkanes) is 10. The molecule has 0 saturated heterocycles. The van der Waals surface area contributed by atoms with Gasteiger partial charge in [0.15, 0.2) is 11.6 Å². The van der Waals surface area contributed by atoms with Gasteiger partial charge in [0, 0.05) is 18.8 Å². The van der Waals surface area contributed by atoms with Crippen LogP contribution in [0.4, 0.5) is 0 Å². The van der Waals surface area contributed by atoms with Crippen molar-refractivity contribution in [2.45, 2.75) is 97.3 Å². The maximum Gasteiger partial charge on any atom is 0.159 e. The predicted molar refractivity (Wildman–Crippen MR) is 150 cm³/mol. The number of benzene rings is 1. The average Bonchev–Trinajstić information content (AvgIpc) is 2.91. The van der Waals surface area contributed by atoms with Crippen molar-refractivity contribution in [2.75, 3.05) is 26.4 Å². The summed E-state index contributed by atoms with van der Waals surface area (Å²) in [4.78, 5) is 8.91. The minimum Gasteiger partial charge on any atom is -0.490 e. The van der Waals surface area contributed by atoms with E-state index >= 15 is 0 Å². The second-order valence-electron chi connectivity index (χ2n) is 9.33. The van der Waals surface area contributed by atoms with E-state index in [0.717, 1.165) is 50.2 Å². The first-order chi connectivity index (χ1) is 17.8. The molecule has 0 unspecified atom stereocenters. The fraction of sp³-hybridized carbons (Fsp3) is 0.613. The number of rotatable bonds is 22. The summed E-state index contributed by atoms with van der Waals surface area (Å²) in [6.45, 7) is 7.40. The van der Waals surface area contributed by atoms with Crippen LogP contribution >= 0.6 is 0 Å². The van der Waals surface area contributed by atoms with Crippen molar-refractivity contribution >= 4 is 0 Å². The van der Waals surface area contributed by atoms with Crippen LogP contribution in [0, 0.1) is 0 Å². The molecule has 2 rings (SSSR count). The number of nitrogens with zero attached hydrogens (tertiary/aromatic N) is 2. The molecule has 5 heteroatoms. The van der Waals surface area contributed by atoms with Crippen LogP contribution in [-0.4, -0.2) is 36.4 Å². The lowest BCUT2D eigenvalue weighted by Crippen LogP contribution is -2.02. The van der Waals surface area contributed by atoms with Crippen LogP contribution in [0.2, 0.25) is 0 Å². The van der Waals surface area contributed by atoms with Gasteiger partial charge in [-0.25, -0.2) is 9.97 Å². The smallest absolute Gasteiger partial charge is 0.159 e. The molecule has 0 aliphatic carbocycles. The van der Waals surface area contributed by atoms with E-state index < -0.39 is 0 Å². The van der Waals surface area contributed by atoms with Crippen LogP contribution in [0.1, 0.15) is 97.3 Å². The summed E-state index contributed by atoms with van der Waals surface area (Å²) in [6, 6.07) is 7.93. The highest BCUT2D eigenvalue weighted by Crippen LogP contribution is 2.20. The first kappa shape index (κ1) is 29.8. The van der Waals surface area contributed by atoms with Crippen LogP contribution in [0.25, 0.3) is 11.4 Å². The highest BCUT2D eigenvalue weighted by atomic mass is 16.5. The Morgan fingerprint density at radius 2 is 1.22 bits per heavy atom. The molecule has 5 nitrogen and oxygen atoms in total. The zero-order chi connectivity index (χ0) is 25.5. The molecule has 0 bridgehead atoms. The summed E-state index contributed by atoms with van der Waals surface area (Å²) in [6.07, 6.45) is 24.0. The second-order valence-corrected chi connectivity index (χ2v) is 9.33. The molecular weight excluding hydrogens is 448 g/mol. The molecule has 0 fully saturated rings. The Morgan fingerprint density at radius 1 is 0.611 bits per heavy atom. The van der Waals surface area contributed by atoms with Gasteiger partial charge in [0.2, 0.25) is 0 Å². The molecule has 1 aromatic heterocycles. The van der Waals surface area contributed by atoms with E-state index in [2.05, 4.69) is 36.0 Å². The van der Waals surface area contributed by atoms with Crippen LogP contribution in [0.3, 0.4) is 0 Å². The third-order valence-electron chi connectivity index (χ3n) is 6.07. The fourth-order valence-corrected chi connectivity index (χ4v) is 3.84. The molecule has 0 amide bonds. The lowest BCUT2D eigenvalue weighted by Gasteiger charge is -2.07. The maximum atomic E-state index is 5.83. The summed E-state index contributed by atoms with van der Waals surface area (Å²) >= 11 is 0. The Hall–Kier alpha value is -2.40. The molecule has 0 N–H and O–H groups in total. The first-order valence-corrected chi connectivity index (χ1v) is 14.2. The lowest BCUT2D eigenvalue weighted by atomic mass is 10.1. The van der Waals surface area contributed by atoms with Gasteiger partial charge in [-0.2, -0.15) is 0 Å². The van der Waals surface area contributed by atoms with E-state index in [1.807, 2.05) is 24.3 Å². The molecule has 0 atom stereocenters. The summed E-state index contributed by atoms with van der Waals surface area (Å²) in [5.74, 6) is 2.24. The third-order valence-corrected chi connectivity index (χ3v) is 6.07. The maximum absolute atomic E-state index is 5.83. The Morgan fingerprint density at radius 3 is 1.94 bits per heavy atom. The Labute approximate surface area is 219 Å². The molecule has 2 aromatic rings. The fourth-order valence-electron chi connectivity index (χ4n) is 3.84. The minimum atomic E-state index is 0.601. The van der Waals surface area contributed by atoms with Gasteiger partial charge in [0.1, 0.15) is 12.4 Å².